The third-order valence-corrected chi connectivity index (χ3v) is 2.43. The van der Waals surface area contributed by atoms with E-state index in [4.69, 9.17) is 0 Å². The van der Waals surface area contributed by atoms with Crippen LogP contribution in [0.1, 0.15) is 12.5 Å². The van der Waals surface area contributed by atoms with Gasteiger partial charge in [0, 0.05) is 18.4 Å². The van der Waals surface area contributed by atoms with Gasteiger partial charge in [-0.1, -0.05) is 12.1 Å². The lowest BCUT2D eigenvalue weighted by Crippen LogP contribution is -2.25. The molecular formula is C13H15FN2. The van der Waals surface area contributed by atoms with E-state index in [1.807, 2.05) is 41.3 Å². The first-order valence-electron chi connectivity index (χ1n) is 5.38. The van der Waals surface area contributed by atoms with Crippen LogP contribution >= 0.6 is 0 Å². The van der Waals surface area contributed by atoms with Gasteiger partial charge < -0.3 is 5.43 Å². The Balaban J connectivity index is 1.92. The average Bonchev–Trinajstić information content (AvgIpc) is 2.74. The van der Waals surface area contributed by atoms with Gasteiger partial charge in [0.1, 0.15) is 5.82 Å². The molecule has 0 saturated carbocycles. The summed E-state index contributed by atoms with van der Waals surface area (Å²) >= 11 is 0. The molecule has 3 heteroatoms. The van der Waals surface area contributed by atoms with Crippen LogP contribution in [0, 0.1) is 5.82 Å². The highest BCUT2D eigenvalue weighted by molar-refractivity contribution is 5.17. The van der Waals surface area contributed by atoms with Crippen LogP contribution in [0.15, 0.2) is 48.8 Å². The number of nitrogens with zero attached hydrogens (tertiary/aromatic N) is 1. The van der Waals surface area contributed by atoms with Gasteiger partial charge in [-0.2, -0.15) is 0 Å². The maximum absolute atomic E-state index is 12.7. The molecule has 0 amide bonds. The van der Waals surface area contributed by atoms with Crippen LogP contribution < -0.4 is 5.43 Å². The summed E-state index contributed by atoms with van der Waals surface area (Å²) in [4.78, 5) is 0. The van der Waals surface area contributed by atoms with Gasteiger partial charge >= 0.3 is 0 Å². The zero-order chi connectivity index (χ0) is 11.4. The first-order chi connectivity index (χ1) is 7.74. The topological polar surface area (TPSA) is 17.0 Å². The van der Waals surface area contributed by atoms with Gasteiger partial charge in [0.15, 0.2) is 0 Å². The molecule has 1 heterocycles. The third-order valence-electron chi connectivity index (χ3n) is 2.43. The fraction of sp³-hybridized carbons (Fsp3) is 0.231. The van der Waals surface area contributed by atoms with Gasteiger partial charge in [0.2, 0.25) is 0 Å². The van der Waals surface area contributed by atoms with E-state index < -0.39 is 0 Å². The standard InChI is InChI=1S/C13H15FN2/c1-11(15-16-8-2-3-9-16)10-12-4-6-13(14)7-5-12/h2-9,11,15H,10H2,1H3. The van der Waals surface area contributed by atoms with E-state index in [0.29, 0.717) is 6.04 Å². The molecule has 1 atom stereocenters. The van der Waals surface area contributed by atoms with Crippen LogP contribution in [0.25, 0.3) is 0 Å². The van der Waals surface area contributed by atoms with E-state index in [9.17, 15) is 4.39 Å². The third kappa shape index (κ3) is 2.86. The molecule has 0 aliphatic heterocycles. The molecule has 0 spiro atoms. The van der Waals surface area contributed by atoms with Crippen molar-refractivity contribution in [2.45, 2.75) is 19.4 Å². The summed E-state index contributed by atoms with van der Waals surface area (Å²) in [6.07, 6.45) is 4.79. The molecule has 0 bridgehead atoms. The molecule has 0 aliphatic rings. The molecule has 1 aromatic carbocycles. The van der Waals surface area contributed by atoms with Crippen molar-refractivity contribution in [2.75, 3.05) is 5.43 Å². The van der Waals surface area contributed by atoms with E-state index in [1.54, 1.807) is 0 Å². The predicted octanol–water partition coefficient (Wildman–Crippen LogP) is 2.80. The number of rotatable bonds is 4. The molecule has 0 radical (unpaired) electrons. The highest BCUT2D eigenvalue weighted by Gasteiger charge is 2.02. The van der Waals surface area contributed by atoms with Gasteiger partial charge in [-0.3, -0.25) is 4.68 Å². The Hall–Kier alpha value is -1.77. The number of halogens is 1. The van der Waals surface area contributed by atoms with Gasteiger partial charge in [-0.05, 0) is 43.2 Å². The minimum atomic E-state index is -0.185. The fourth-order valence-corrected chi connectivity index (χ4v) is 1.69. The van der Waals surface area contributed by atoms with Crippen molar-refractivity contribution in [2.24, 2.45) is 0 Å². The summed E-state index contributed by atoms with van der Waals surface area (Å²) in [5, 5.41) is 0. The fourth-order valence-electron chi connectivity index (χ4n) is 1.69. The number of nitrogens with one attached hydrogen (secondary N) is 1. The Morgan fingerprint density at radius 3 is 2.44 bits per heavy atom. The van der Waals surface area contributed by atoms with Crippen LogP contribution in [-0.4, -0.2) is 10.7 Å². The van der Waals surface area contributed by atoms with Crippen LogP contribution in [0.2, 0.25) is 0 Å². The lowest BCUT2D eigenvalue weighted by molar-refractivity contribution is 0.625. The quantitative estimate of drug-likeness (QED) is 0.835. The van der Waals surface area contributed by atoms with Crippen molar-refractivity contribution in [1.29, 1.82) is 0 Å². The molecule has 1 unspecified atom stereocenters. The molecule has 0 aliphatic carbocycles. The zero-order valence-electron chi connectivity index (χ0n) is 9.23. The number of hydrogen-bond acceptors (Lipinski definition) is 1. The summed E-state index contributed by atoms with van der Waals surface area (Å²) in [5.74, 6) is -0.185. The monoisotopic (exact) mass is 218 g/mol. The maximum atomic E-state index is 12.7. The Morgan fingerprint density at radius 2 is 1.81 bits per heavy atom. The van der Waals surface area contributed by atoms with Gasteiger partial charge in [-0.25, -0.2) is 4.39 Å². The summed E-state index contributed by atoms with van der Waals surface area (Å²) in [6, 6.07) is 10.9. The van der Waals surface area contributed by atoms with Crippen molar-refractivity contribution < 1.29 is 4.39 Å². The van der Waals surface area contributed by atoms with Gasteiger partial charge in [0.25, 0.3) is 0 Å². The average molecular weight is 218 g/mol. The zero-order valence-corrected chi connectivity index (χ0v) is 9.23. The Labute approximate surface area is 94.7 Å². The minimum Gasteiger partial charge on any atom is -0.323 e. The molecule has 1 aromatic heterocycles. The van der Waals surface area contributed by atoms with Crippen LogP contribution in [0.4, 0.5) is 4.39 Å². The first kappa shape index (κ1) is 10.7. The maximum Gasteiger partial charge on any atom is 0.123 e. The lowest BCUT2D eigenvalue weighted by atomic mass is 10.1. The number of aromatic nitrogens is 1. The molecule has 2 nitrogen and oxygen atoms in total. The largest absolute Gasteiger partial charge is 0.323 e. The molecule has 2 rings (SSSR count). The van der Waals surface area contributed by atoms with Crippen molar-refractivity contribution >= 4 is 0 Å². The van der Waals surface area contributed by atoms with E-state index in [-0.39, 0.29) is 5.82 Å². The second-order valence-corrected chi connectivity index (χ2v) is 3.95. The second-order valence-electron chi connectivity index (χ2n) is 3.95. The highest BCUT2D eigenvalue weighted by Crippen LogP contribution is 2.06. The van der Waals surface area contributed by atoms with Crippen LogP contribution in [0.5, 0.6) is 0 Å². The molecule has 0 saturated heterocycles. The minimum absolute atomic E-state index is 0.185. The van der Waals surface area contributed by atoms with Crippen molar-refractivity contribution in [1.82, 2.24) is 4.68 Å². The molecule has 1 N–H and O–H groups in total. The first-order valence-corrected chi connectivity index (χ1v) is 5.38. The molecule has 16 heavy (non-hydrogen) atoms. The van der Waals surface area contributed by atoms with Gasteiger partial charge in [0.05, 0.1) is 0 Å². The highest BCUT2D eigenvalue weighted by atomic mass is 19.1. The Bertz CT molecular complexity index is 420. The van der Waals surface area contributed by atoms with Crippen LogP contribution in [-0.2, 0) is 6.42 Å². The molecular weight excluding hydrogens is 203 g/mol. The van der Waals surface area contributed by atoms with E-state index >= 15 is 0 Å². The van der Waals surface area contributed by atoms with Crippen molar-refractivity contribution in [3.63, 3.8) is 0 Å². The summed E-state index contributed by atoms with van der Waals surface area (Å²) in [7, 11) is 0. The Kier molecular flexibility index (Phi) is 3.25. The van der Waals surface area contributed by atoms with Crippen LogP contribution in [0.3, 0.4) is 0 Å². The van der Waals surface area contributed by atoms with Crippen molar-refractivity contribution in [3.05, 3.63) is 60.2 Å². The van der Waals surface area contributed by atoms with Crippen molar-refractivity contribution in [3.8, 4) is 0 Å². The number of hydrogen-bond donors (Lipinski definition) is 1. The predicted molar refractivity (Wildman–Crippen MR) is 63.4 cm³/mol. The molecule has 2 aromatic rings. The normalized spacial score (nSPS) is 12.4. The SMILES string of the molecule is CC(Cc1ccc(F)cc1)Nn1cccc1. The summed E-state index contributed by atoms with van der Waals surface area (Å²) in [5.41, 5.74) is 4.44. The Morgan fingerprint density at radius 1 is 1.19 bits per heavy atom. The lowest BCUT2D eigenvalue weighted by Gasteiger charge is -2.16. The second kappa shape index (κ2) is 4.84. The van der Waals surface area contributed by atoms with E-state index in [0.717, 1.165) is 12.0 Å². The number of benzene rings is 1. The summed E-state index contributed by atoms with van der Waals surface area (Å²) in [6.45, 7) is 2.10. The van der Waals surface area contributed by atoms with Gasteiger partial charge in [-0.15, -0.1) is 0 Å². The van der Waals surface area contributed by atoms with E-state index in [2.05, 4.69) is 12.3 Å². The molecule has 84 valence electrons. The summed E-state index contributed by atoms with van der Waals surface area (Å²) < 4.78 is 14.6. The van der Waals surface area contributed by atoms with E-state index in [1.165, 1.54) is 12.1 Å². The smallest absolute Gasteiger partial charge is 0.123 e. The molecule has 0 fully saturated rings.